The zero-order chi connectivity index (χ0) is 20.4. The molecule has 0 bridgehead atoms. The quantitative estimate of drug-likeness (QED) is 0.421. The summed E-state index contributed by atoms with van der Waals surface area (Å²) in [5, 5.41) is 2.77. The van der Waals surface area contributed by atoms with Gasteiger partial charge in [-0.05, 0) is 29.7 Å². The van der Waals surface area contributed by atoms with Crippen LogP contribution < -0.4 is 11.1 Å². The first-order chi connectivity index (χ1) is 13.3. The fourth-order valence-corrected chi connectivity index (χ4v) is 4.28. The zero-order valence-electron chi connectivity index (χ0n) is 14.6. The number of amidine groups is 1. The monoisotopic (exact) mass is 428 g/mol. The molecule has 10 heteroatoms. The number of thioether (sulfide) groups is 1. The summed E-state index contributed by atoms with van der Waals surface area (Å²) in [6, 6.07) is 5.20. The van der Waals surface area contributed by atoms with Crippen molar-refractivity contribution in [3.05, 3.63) is 58.4 Å². The molecular weight excluding hydrogens is 413 g/mol. The molecule has 1 aromatic heterocycles. The van der Waals surface area contributed by atoms with Crippen molar-refractivity contribution in [1.29, 1.82) is 0 Å². The fourth-order valence-electron chi connectivity index (χ4n) is 2.93. The summed E-state index contributed by atoms with van der Waals surface area (Å²) in [5.41, 5.74) is 5.90. The van der Waals surface area contributed by atoms with Gasteiger partial charge in [0.2, 0.25) is 0 Å². The molecule has 3 rings (SSSR count). The summed E-state index contributed by atoms with van der Waals surface area (Å²) in [5.74, 6) is -2.99. The van der Waals surface area contributed by atoms with E-state index in [0.29, 0.717) is 5.02 Å². The zero-order valence-corrected chi connectivity index (χ0v) is 16.2. The Bertz CT molecular complexity index is 926. The maximum Gasteiger partial charge on any atom is 0.274 e. The minimum Gasteiger partial charge on any atom is -0.378 e. The normalized spacial score (nSPS) is 21.5. The van der Waals surface area contributed by atoms with Crippen LogP contribution in [-0.4, -0.2) is 28.1 Å². The molecule has 5 nitrogen and oxygen atoms in total. The second kappa shape index (κ2) is 8.40. The first kappa shape index (κ1) is 20.5. The number of carbonyl (C=O) groups is 1. The Morgan fingerprint density at radius 2 is 2.14 bits per heavy atom. The third-order valence-electron chi connectivity index (χ3n) is 4.40. The van der Waals surface area contributed by atoms with Crippen molar-refractivity contribution in [2.45, 2.75) is 18.1 Å². The van der Waals surface area contributed by atoms with Gasteiger partial charge in [0.15, 0.2) is 23.6 Å². The van der Waals surface area contributed by atoms with E-state index in [-0.39, 0.29) is 39.2 Å². The molecule has 1 aromatic carbocycles. The first-order valence-electron chi connectivity index (χ1n) is 8.26. The molecule has 1 amide bonds. The van der Waals surface area contributed by atoms with Crippen LogP contribution in [0.15, 0.2) is 35.5 Å². The molecule has 0 saturated heterocycles. The number of nitrogens with one attached hydrogen (secondary N) is 1. The van der Waals surface area contributed by atoms with Gasteiger partial charge in [-0.2, -0.15) is 0 Å². The maximum absolute atomic E-state index is 14.4. The molecule has 1 fully saturated rings. The van der Waals surface area contributed by atoms with Crippen molar-refractivity contribution < 1.29 is 18.0 Å². The Labute approximate surface area is 168 Å². The first-order valence-corrected chi connectivity index (χ1v) is 9.52. The second-order valence-electron chi connectivity index (χ2n) is 6.26. The maximum atomic E-state index is 14.4. The van der Waals surface area contributed by atoms with Gasteiger partial charge in [0.05, 0.1) is 5.02 Å². The fraction of sp³-hybridized carbons (Fsp3) is 0.278. The van der Waals surface area contributed by atoms with E-state index in [9.17, 15) is 18.0 Å². The summed E-state index contributed by atoms with van der Waals surface area (Å²) in [7, 11) is 0. The van der Waals surface area contributed by atoms with E-state index < -0.39 is 24.3 Å². The molecular formula is C18H16ClF3N4OS. The smallest absolute Gasteiger partial charge is 0.274 e. The highest BCUT2D eigenvalue weighted by Crippen LogP contribution is 2.56. The molecule has 1 aliphatic carbocycles. The Hall–Kier alpha value is -2.26. The number of halogens is 4. The number of rotatable bonds is 5. The Balaban J connectivity index is 1.80. The summed E-state index contributed by atoms with van der Waals surface area (Å²) in [6.07, 6.45) is 1.31. The molecule has 0 radical (unpaired) electrons. The summed E-state index contributed by atoms with van der Waals surface area (Å²) in [6.45, 7) is 0.916. The summed E-state index contributed by atoms with van der Waals surface area (Å²) >= 11 is 6.86. The van der Waals surface area contributed by atoms with E-state index >= 15 is 0 Å². The highest BCUT2D eigenvalue weighted by Gasteiger charge is 2.50. The average molecular weight is 429 g/mol. The SMILES string of the molecule is CC1C(SC(N)=NCF)C1c1cc(NC(=O)c2ccc(Cl)cn2)cc(F)c1F. The van der Waals surface area contributed by atoms with Crippen molar-refractivity contribution in [2.75, 3.05) is 12.1 Å². The number of carbonyl (C=O) groups excluding carboxylic acids is 1. The van der Waals surface area contributed by atoms with Crippen molar-refractivity contribution in [2.24, 2.45) is 16.6 Å². The van der Waals surface area contributed by atoms with Crippen LogP contribution in [0.2, 0.25) is 5.02 Å². The molecule has 28 heavy (non-hydrogen) atoms. The van der Waals surface area contributed by atoms with Crippen LogP contribution in [0.25, 0.3) is 0 Å². The van der Waals surface area contributed by atoms with Gasteiger partial charge in [0.25, 0.3) is 5.91 Å². The number of aromatic nitrogens is 1. The average Bonchev–Trinajstić information content (AvgIpc) is 3.27. The van der Waals surface area contributed by atoms with Crippen LogP contribution in [0.1, 0.15) is 28.9 Å². The number of hydrogen-bond donors (Lipinski definition) is 2. The highest BCUT2D eigenvalue weighted by molar-refractivity contribution is 8.14. The topological polar surface area (TPSA) is 80.4 Å². The third kappa shape index (κ3) is 4.41. The highest BCUT2D eigenvalue weighted by atomic mass is 35.5. The number of anilines is 1. The van der Waals surface area contributed by atoms with Crippen LogP contribution >= 0.6 is 23.4 Å². The number of amides is 1. The van der Waals surface area contributed by atoms with Crippen molar-refractivity contribution in [3.63, 3.8) is 0 Å². The van der Waals surface area contributed by atoms with Gasteiger partial charge >= 0.3 is 0 Å². The van der Waals surface area contributed by atoms with Crippen LogP contribution in [0, 0.1) is 17.6 Å². The third-order valence-corrected chi connectivity index (χ3v) is 5.99. The van der Waals surface area contributed by atoms with Crippen LogP contribution in [0.3, 0.4) is 0 Å². The van der Waals surface area contributed by atoms with Crippen LogP contribution in [0.4, 0.5) is 18.9 Å². The number of benzene rings is 1. The number of aliphatic imine (C=N–C) groups is 1. The van der Waals surface area contributed by atoms with E-state index in [2.05, 4.69) is 15.3 Å². The Morgan fingerprint density at radius 3 is 2.79 bits per heavy atom. The van der Waals surface area contributed by atoms with Gasteiger partial charge in [0.1, 0.15) is 5.69 Å². The van der Waals surface area contributed by atoms with Crippen LogP contribution in [-0.2, 0) is 0 Å². The van der Waals surface area contributed by atoms with Gasteiger partial charge in [0, 0.05) is 29.1 Å². The molecule has 1 heterocycles. The van der Waals surface area contributed by atoms with Crippen molar-refractivity contribution >= 4 is 40.1 Å². The lowest BCUT2D eigenvalue weighted by atomic mass is 10.1. The van der Waals surface area contributed by atoms with Crippen molar-refractivity contribution in [1.82, 2.24) is 4.98 Å². The van der Waals surface area contributed by atoms with E-state index in [1.54, 1.807) is 0 Å². The molecule has 2 aromatic rings. The standard InChI is InChI=1S/C18H16ClF3N4OS/c1-8-14(16(8)28-18(23)25-7-20)11-4-10(5-12(21)15(11)22)26-17(27)13-3-2-9(19)6-24-13/h2-6,8,14,16H,7H2,1H3,(H2,23,25)(H,26,27). The molecule has 1 saturated carbocycles. The van der Waals surface area contributed by atoms with Crippen molar-refractivity contribution in [3.8, 4) is 0 Å². The molecule has 3 N–H and O–H groups in total. The predicted molar refractivity (Wildman–Crippen MR) is 104 cm³/mol. The van der Waals surface area contributed by atoms with Gasteiger partial charge in [-0.15, -0.1) is 0 Å². The number of pyridine rings is 1. The molecule has 3 unspecified atom stereocenters. The van der Waals surface area contributed by atoms with Gasteiger partial charge in [-0.25, -0.2) is 23.1 Å². The van der Waals surface area contributed by atoms with E-state index in [1.807, 2.05) is 6.92 Å². The molecule has 148 valence electrons. The van der Waals surface area contributed by atoms with Gasteiger partial charge in [-0.3, -0.25) is 4.79 Å². The number of hydrogen-bond acceptors (Lipinski definition) is 4. The van der Waals surface area contributed by atoms with E-state index in [0.717, 1.165) is 17.8 Å². The van der Waals surface area contributed by atoms with Crippen LogP contribution in [0.5, 0.6) is 0 Å². The number of nitrogens with two attached hydrogens (primary N) is 1. The lowest BCUT2D eigenvalue weighted by Crippen LogP contribution is -2.14. The predicted octanol–water partition coefficient (Wildman–Crippen LogP) is 4.34. The minimum atomic E-state index is -1.08. The lowest BCUT2D eigenvalue weighted by Gasteiger charge is -2.10. The summed E-state index contributed by atoms with van der Waals surface area (Å²) in [4.78, 5) is 19.6. The van der Waals surface area contributed by atoms with E-state index in [4.69, 9.17) is 17.3 Å². The molecule has 0 spiro atoms. The largest absolute Gasteiger partial charge is 0.378 e. The molecule has 3 atom stereocenters. The Kier molecular flexibility index (Phi) is 6.14. The minimum absolute atomic E-state index is 0.0175. The second-order valence-corrected chi connectivity index (χ2v) is 7.90. The molecule has 1 aliphatic rings. The Morgan fingerprint density at radius 1 is 1.39 bits per heavy atom. The van der Waals surface area contributed by atoms with Gasteiger partial charge < -0.3 is 11.1 Å². The molecule has 0 aliphatic heterocycles. The van der Waals surface area contributed by atoms with Gasteiger partial charge in [-0.1, -0.05) is 30.3 Å². The van der Waals surface area contributed by atoms with E-state index in [1.165, 1.54) is 24.4 Å². The lowest BCUT2D eigenvalue weighted by molar-refractivity contribution is 0.102. The number of alkyl halides is 1. The summed E-state index contributed by atoms with van der Waals surface area (Å²) < 4.78 is 40.7. The number of nitrogens with zero attached hydrogens (tertiary/aromatic N) is 2.